The third kappa shape index (κ3) is 6.67. The smallest absolute Gasteiger partial charge is 0.399 e. The van der Waals surface area contributed by atoms with Gasteiger partial charge in [-0.25, -0.2) is 4.79 Å². The number of ether oxygens (including phenoxy) is 1. The highest BCUT2D eigenvalue weighted by Crippen LogP contribution is 2.33. The van der Waals surface area contributed by atoms with Crippen LogP contribution >= 0.6 is 11.3 Å². The Hall–Kier alpha value is -3.24. The molecule has 2 aromatic rings. The molecule has 4 atom stereocenters. The van der Waals surface area contributed by atoms with Gasteiger partial charge in [-0.05, 0) is 48.8 Å². The molecule has 3 amide bonds. The standard InChI is InChI=1S/C29H38N4O5S/c1-17(2)14-20(30)27(35)33-16-23(34)26-22(33)12-13-32(26)28(36)21(15-18(3)4)31-29(37)38-25-11-10-24(39-25)19-8-6-5-7-9-19/h5-11,17-18,20-22,26H,12-16,30H2,1-4H3,(H,31,37). The molecule has 9 nitrogen and oxygen atoms in total. The van der Waals surface area contributed by atoms with Crippen molar-refractivity contribution in [1.29, 1.82) is 0 Å². The van der Waals surface area contributed by atoms with Crippen molar-refractivity contribution in [2.45, 2.75) is 71.1 Å². The van der Waals surface area contributed by atoms with Crippen LogP contribution in [0.3, 0.4) is 0 Å². The number of nitrogens with one attached hydrogen (secondary N) is 1. The van der Waals surface area contributed by atoms with Gasteiger partial charge in [-0.2, -0.15) is 0 Å². The van der Waals surface area contributed by atoms with Crippen molar-refractivity contribution in [1.82, 2.24) is 15.1 Å². The number of carbonyl (C=O) groups is 4. The van der Waals surface area contributed by atoms with Crippen LogP contribution in [0, 0.1) is 11.8 Å². The van der Waals surface area contributed by atoms with Crippen LogP contribution in [-0.4, -0.2) is 70.7 Å². The zero-order valence-electron chi connectivity index (χ0n) is 23.0. The number of carbonyl (C=O) groups excluding carboxylic acids is 4. The zero-order chi connectivity index (χ0) is 28.3. The summed E-state index contributed by atoms with van der Waals surface area (Å²) in [6.45, 7) is 8.20. The third-order valence-electron chi connectivity index (χ3n) is 7.16. The SMILES string of the molecule is CC(C)CC(N)C(=O)N1CC(=O)C2C1CCN2C(=O)C(CC(C)C)NC(=O)Oc1ccc(-c2ccccc2)s1. The van der Waals surface area contributed by atoms with Crippen molar-refractivity contribution >= 4 is 35.0 Å². The monoisotopic (exact) mass is 554 g/mol. The first-order chi connectivity index (χ1) is 18.5. The minimum atomic E-state index is -0.856. The molecule has 2 fully saturated rings. The molecule has 2 aliphatic heterocycles. The molecule has 39 heavy (non-hydrogen) atoms. The number of fused-ring (bicyclic) bond motifs is 1. The normalized spacial score (nSPS) is 20.3. The molecule has 4 unspecified atom stereocenters. The number of benzene rings is 1. The maximum atomic E-state index is 13.7. The molecule has 1 aromatic carbocycles. The van der Waals surface area contributed by atoms with E-state index in [1.807, 2.05) is 64.1 Å². The van der Waals surface area contributed by atoms with Crippen LogP contribution in [0.2, 0.25) is 0 Å². The van der Waals surface area contributed by atoms with E-state index in [0.29, 0.717) is 30.9 Å². The van der Waals surface area contributed by atoms with Crippen molar-refractivity contribution in [2.75, 3.05) is 13.1 Å². The Morgan fingerprint density at radius 3 is 2.36 bits per heavy atom. The summed E-state index contributed by atoms with van der Waals surface area (Å²) < 4.78 is 5.52. The molecule has 1 aromatic heterocycles. The maximum absolute atomic E-state index is 13.7. The van der Waals surface area contributed by atoms with Crippen LogP contribution in [-0.2, 0) is 14.4 Å². The molecule has 0 aliphatic carbocycles. The Balaban J connectivity index is 1.42. The molecule has 2 aliphatic rings. The largest absolute Gasteiger partial charge is 0.414 e. The number of rotatable bonds is 9. The van der Waals surface area contributed by atoms with Crippen LogP contribution in [0.25, 0.3) is 10.4 Å². The second kappa shape index (κ2) is 12.3. The minimum Gasteiger partial charge on any atom is -0.399 e. The average molecular weight is 555 g/mol. The van der Waals surface area contributed by atoms with Gasteiger partial charge < -0.3 is 25.6 Å². The number of nitrogens with zero attached hydrogens (tertiary/aromatic N) is 2. The minimum absolute atomic E-state index is 0.0455. The second-order valence-corrected chi connectivity index (χ2v) is 12.2. The summed E-state index contributed by atoms with van der Waals surface area (Å²) in [7, 11) is 0. The first-order valence-electron chi connectivity index (χ1n) is 13.6. The van der Waals surface area contributed by atoms with Crippen LogP contribution < -0.4 is 15.8 Å². The van der Waals surface area contributed by atoms with E-state index >= 15 is 0 Å². The first kappa shape index (κ1) is 28.8. The molecule has 0 saturated carbocycles. The molecular weight excluding hydrogens is 516 g/mol. The van der Waals surface area contributed by atoms with E-state index in [2.05, 4.69) is 5.32 Å². The van der Waals surface area contributed by atoms with Gasteiger partial charge in [0.2, 0.25) is 11.8 Å². The fourth-order valence-corrected chi connectivity index (χ4v) is 6.33. The summed E-state index contributed by atoms with van der Waals surface area (Å²) in [6.07, 6.45) is 0.694. The van der Waals surface area contributed by atoms with Crippen LogP contribution in [0.5, 0.6) is 5.06 Å². The fraction of sp³-hybridized carbons (Fsp3) is 0.517. The van der Waals surface area contributed by atoms with Gasteiger partial charge in [0.1, 0.15) is 12.1 Å². The van der Waals surface area contributed by atoms with Crippen molar-refractivity contribution in [2.24, 2.45) is 17.6 Å². The van der Waals surface area contributed by atoms with Gasteiger partial charge in [-0.1, -0.05) is 69.4 Å². The summed E-state index contributed by atoms with van der Waals surface area (Å²) in [5.74, 6) is -0.394. The lowest BCUT2D eigenvalue weighted by Crippen LogP contribution is -2.53. The van der Waals surface area contributed by atoms with E-state index in [1.54, 1.807) is 11.0 Å². The molecule has 0 spiro atoms. The average Bonchev–Trinajstić information content (AvgIpc) is 3.60. The molecule has 10 heteroatoms. The fourth-order valence-electron chi connectivity index (χ4n) is 5.47. The predicted octanol–water partition coefficient (Wildman–Crippen LogP) is 3.67. The Kier molecular flexibility index (Phi) is 9.07. The van der Waals surface area contributed by atoms with Gasteiger partial charge in [0.15, 0.2) is 10.8 Å². The van der Waals surface area contributed by atoms with E-state index < -0.39 is 24.2 Å². The summed E-state index contributed by atoms with van der Waals surface area (Å²) in [5.41, 5.74) is 7.15. The Bertz CT molecular complexity index is 1200. The summed E-state index contributed by atoms with van der Waals surface area (Å²) in [4.78, 5) is 56.6. The number of amides is 3. The van der Waals surface area contributed by atoms with Gasteiger partial charge in [-0.15, -0.1) is 0 Å². The summed E-state index contributed by atoms with van der Waals surface area (Å²) >= 11 is 1.34. The first-order valence-corrected chi connectivity index (χ1v) is 14.4. The lowest BCUT2D eigenvalue weighted by Gasteiger charge is -2.29. The van der Waals surface area contributed by atoms with E-state index in [4.69, 9.17) is 10.5 Å². The highest BCUT2D eigenvalue weighted by atomic mass is 32.1. The topological polar surface area (TPSA) is 122 Å². The summed E-state index contributed by atoms with van der Waals surface area (Å²) in [6, 6.07) is 10.8. The second-order valence-electron chi connectivity index (χ2n) is 11.2. The number of hydrogen-bond acceptors (Lipinski definition) is 7. The van der Waals surface area contributed by atoms with E-state index in [1.165, 1.54) is 16.2 Å². The molecule has 3 heterocycles. The predicted molar refractivity (Wildman–Crippen MR) is 150 cm³/mol. The van der Waals surface area contributed by atoms with Crippen molar-refractivity contribution < 1.29 is 23.9 Å². The molecule has 4 rings (SSSR count). The van der Waals surface area contributed by atoms with E-state index in [0.717, 1.165) is 10.4 Å². The number of thiophene rings is 1. The molecule has 0 bridgehead atoms. The third-order valence-corrected chi connectivity index (χ3v) is 8.17. The van der Waals surface area contributed by atoms with Crippen molar-refractivity contribution in [3.63, 3.8) is 0 Å². The number of Topliss-reactive ketones (excluding diaryl/α,β-unsaturated/α-hetero) is 1. The summed E-state index contributed by atoms with van der Waals surface area (Å²) in [5, 5.41) is 3.15. The lowest BCUT2D eigenvalue weighted by molar-refractivity contribution is -0.138. The molecule has 210 valence electrons. The van der Waals surface area contributed by atoms with Crippen molar-refractivity contribution in [3.05, 3.63) is 42.5 Å². The van der Waals surface area contributed by atoms with Gasteiger partial charge in [0.25, 0.3) is 0 Å². The zero-order valence-corrected chi connectivity index (χ0v) is 23.8. The highest BCUT2D eigenvalue weighted by Gasteiger charge is 2.52. The van der Waals surface area contributed by atoms with Gasteiger partial charge >= 0.3 is 6.09 Å². The van der Waals surface area contributed by atoms with E-state index in [-0.39, 0.29) is 42.0 Å². The van der Waals surface area contributed by atoms with Gasteiger partial charge in [-0.3, -0.25) is 14.4 Å². The molecule has 0 radical (unpaired) electrons. The van der Waals surface area contributed by atoms with Crippen LogP contribution in [0.4, 0.5) is 4.79 Å². The number of ketones is 1. The quantitative estimate of drug-likeness (QED) is 0.488. The highest BCUT2D eigenvalue weighted by molar-refractivity contribution is 7.17. The van der Waals surface area contributed by atoms with Crippen LogP contribution in [0.1, 0.15) is 47.0 Å². The molecule has 2 saturated heterocycles. The molecule has 3 N–H and O–H groups in total. The van der Waals surface area contributed by atoms with Gasteiger partial charge in [0, 0.05) is 11.4 Å². The van der Waals surface area contributed by atoms with Gasteiger partial charge in [0.05, 0.1) is 18.6 Å². The Morgan fingerprint density at radius 1 is 1.00 bits per heavy atom. The number of likely N-dealkylation sites (tertiary alicyclic amines) is 2. The number of hydrogen-bond donors (Lipinski definition) is 2. The Labute approximate surface area is 233 Å². The van der Waals surface area contributed by atoms with Crippen LogP contribution in [0.15, 0.2) is 42.5 Å². The maximum Gasteiger partial charge on any atom is 0.414 e. The lowest BCUT2D eigenvalue weighted by atomic mass is 10.0. The molecular formula is C29H38N4O5S. The number of nitrogens with two attached hydrogens (primary N) is 1. The van der Waals surface area contributed by atoms with Crippen molar-refractivity contribution in [3.8, 4) is 15.5 Å². The Morgan fingerprint density at radius 2 is 1.69 bits per heavy atom. The van der Waals surface area contributed by atoms with E-state index in [9.17, 15) is 19.2 Å².